The van der Waals surface area contributed by atoms with Gasteiger partial charge in [-0.25, -0.2) is 0 Å². The van der Waals surface area contributed by atoms with Crippen LogP contribution in [-0.4, -0.2) is 23.3 Å². The molecule has 0 aromatic heterocycles. The number of thioether (sulfide) groups is 1. The van der Waals surface area contributed by atoms with Crippen LogP contribution in [0.1, 0.15) is 35.7 Å². The van der Waals surface area contributed by atoms with Gasteiger partial charge in [-0.1, -0.05) is 49.4 Å². The van der Waals surface area contributed by atoms with Gasteiger partial charge in [0.1, 0.15) is 5.60 Å². The second-order valence-electron chi connectivity index (χ2n) is 6.18. The number of carbonyl (C=O) groups is 1. The van der Waals surface area contributed by atoms with Crippen molar-refractivity contribution in [2.24, 2.45) is 5.92 Å². The van der Waals surface area contributed by atoms with Gasteiger partial charge >= 0.3 is 0 Å². The van der Waals surface area contributed by atoms with Crippen molar-refractivity contribution in [3.05, 3.63) is 65.7 Å². The molecule has 1 atom stereocenters. The topological polar surface area (TPSA) is 49.3 Å². The van der Waals surface area contributed by atoms with E-state index >= 15 is 0 Å². The summed E-state index contributed by atoms with van der Waals surface area (Å²) in [6, 6.07) is 17.3. The average molecular weight is 341 g/mol. The van der Waals surface area contributed by atoms with Gasteiger partial charge in [-0.2, -0.15) is 0 Å². The molecule has 1 saturated carbocycles. The summed E-state index contributed by atoms with van der Waals surface area (Å²) in [6.07, 6.45) is 2.01. The largest absolute Gasteiger partial charge is 0.383 e. The van der Waals surface area contributed by atoms with Gasteiger partial charge < -0.3 is 10.4 Å². The van der Waals surface area contributed by atoms with Crippen molar-refractivity contribution in [1.82, 2.24) is 5.32 Å². The van der Waals surface area contributed by atoms with Crippen molar-refractivity contribution in [3.8, 4) is 0 Å². The van der Waals surface area contributed by atoms with Crippen molar-refractivity contribution in [2.75, 3.05) is 12.3 Å². The molecule has 24 heavy (non-hydrogen) atoms. The van der Waals surface area contributed by atoms with Crippen LogP contribution in [0, 0.1) is 5.92 Å². The number of aliphatic hydroxyl groups is 1. The van der Waals surface area contributed by atoms with E-state index in [0.717, 1.165) is 29.1 Å². The molecule has 0 bridgehead atoms. The SMILES string of the molecule is CCSc1ccccc1C(=O)NCC(O)(c1ccccc1)C1CC1. The van der Waals surface area contributed by atoms with Gasteiger partial charge in [0, 0.05) is 4.90 Å². The van der Waals surface area contributed by atoms with E-state index in [-0.39, 0.29) is 18.4 Å². The zero-order chi connectivity index (χ0) is 17.0. The first-order chi connectivity index (χ1) is 11.6. The van der Waals surface area contributed by atoms with Crippen LogP contribution in [0.2, 0.25) is 0 Å². The van der Waals surface area contributed by atoms with E-state index in [0.29, 0.717) is 5.56 Å². The Kier molecular flexibility index (Phi) is 5.27. The van der Waals surface area contributed by atoms with Crippen LogP contribution in [0.5, 0.6) is 0 Å². The molecule has 0 radical (unpaired) electrons. The Bertz CT molecular complexity index is 700. The first-order valence-electron chi connectivity index (χ1n) is 8.43. The maximum Gasteiger partial charge on any atom is 0.252 e. The molecule has 1 unspecified atom stereocenters. The normalized spacial score (nSPS) is 16.4. The van der Waals surface area contributed by atoms with Crippen LogP contribution in [0.15, 0.2) is 59.5 Å². The summed E-state index contributed by atoms with van der Waals surface area (Å²) in [7, 11) is 0. The van der Waals surface area contributed by atoms with E-state index in [1.165, 1.54) is 0 Å². The molecule has 0 saturated heterocycles. The Morgan fingerprint density at radius 3 is 2.50 bits per heavy atom. The number of benzene rings is 2. The monoisotopic (exact) mass is 341 g/mol. The van der Waals surface area contributed by atoms with Crippen LogP contribution in [0.25, 0.3) is 0 Å². The maximum absolute atomic E-state index is 12.6. The lowest BCUT2D eigenvalue weighted by molar-refractivity contribution is 0.0135. The Morgan fingerprint density at radius 2 is 1.83 bits per heavy atom. The summed E-state index contributed by atoms with van der Waals surface area (Å²) in [5.41, 5.74) is 0.573. The van der Waals surface area contributed by atoms with Gasteiger partial charge in [0.2, 0.25) is 0 Å². The second kappa shape index (κ2) is 7.41. The number of rotatable bonds is 7. The minimum Gasteiger partial charge on any atom is -0.383 e. The van der Waals surface area contributed by atoms with Gasteiger partial charge in [-0.05, 0) is 42.2 Å². The molecule has 0 aliphatic heterocycles. The van der Waals surface area contributed by atoms with Crippen LogP contribution >= 0.6 is 11.8 Å². The van der Waals surface area contributed by atoms with Crippen LogP contribution in [0.4, 0.5) is 0 Å². The second-order valence-corrected chi connectivity index (χ2v) is 7.48. The van der Waals surface area contributed by atoms with E-state index in [2.05, 4.69) is 12.2 Å². The van der Waals surface area contributed by atoms with Crippen LogP contribution < -0.4 is 5.32 Å². The molecule has 1 fully saturated rings. The van der Waals surface area contributed by atoms with E-state index in [4.69, 9.17) is 0 Å². The minimum atomic E-state index is -0.982. The van der Waals surface area contributed by atoms with Gasteiger partial charge in [0.15, 0.2) is 0 Å². The van der Waals surface area contributed by atoms with E-state index in [1.807, 2.05) is 54.6 Å². The molecule has 0 heterocycles. The maximum atomic E-state index is 12.6. The van der Waals surface area contributed by atoms with Crippen LogP contribution in [-0.2, 0) is 5.60 Å². The molecule has 3 nitrogen and oxygen atoms in total. The van der Waals surface area contributed by atoms with Crippen LogP contribution in [0.3, 0.4) is 0 Å². The highest BCUT2D eigenvalue weighted by Gasteiger charge is 2.45. The molecule has 3 rings (SSSR count). The predicted octanol–water partition coefficient (Wildman–Crippen LogP) is 3.83. The highest BCUT2D eigenvalue weighted by molar-refractivity contribution is 7.99. The summed E-state index contributed by atoms with van der Waals surface area (Å²) >= 11 is 1.66. The Morgan fingerprint density at radius 1 is 1.17 bits per heavy atom. The third-order valence-corrected chi connectivity index (χ3v) is 5.43. The van der Waals surface area contributed by atoms with Crippen molar-refractivity contribution in [2.45, 2.75) is 30.3 Å². The molecule has 2 aromatic rings. The number of amides is 1. The van der Waals surface area contributed by atoms with E-state index in [9.17, 15) is 9.90 Å². The number of carbonyl (C=O) groups excluding carboxylic acids is 1. The fraction of sp³-hybridized carbons (Fsp3) is 0.350. The molecule has 126 valence electrons. The molecule has 1 amide bonds. The first kappa shape index (κ1) is 17.1. The summed E-state index contributed by atoms with van der Waals surface area (Å²) in [4.78, 5) is 13.6. The highest BCUT2D eigenvalue weighted by Crippen LogP contribution is 2.45. The third-order valence-electron chi connectivity index (χ3n) is 4.48. The molecule has 4 heteroatoms. The first-order valence-corrected chi connectivity index (χ1v) is 9.41. The minimum absolute atomic E-state index is 0.124. The lowest BCUT2D eigenvalue weighted by Crippen LogP contribution is -2.42. The van der Waals surface area contributed by atoms with Gasteiger partial charge in [-0.15, -0.1) is 11.8 Å². The Hall–Kier alpha value is -1.78. The lowest BCUT2D eigenvalue weighted by Gasteiger charge is -2.29. The highest BCUT2D eigenvalue weighted by atomic mass is 32.2. The molecular formula is C20H23NO2S. The summed E-state index contributed by atoms with van der Waals surface area (Å²) < 4.78 is 0. The van der Waals surface area contributed by atoms with Gasteiger partial charge in [0.05, 0.1) is 12.1 Å². The third kappa shape index (κ3) is 3.65. The van der Waals surface area contributed by atoms with Crippen molar-refractivity contribution in [1.29, 1.82) is 0 Å². The summed E-state index contributed by atoms with van der Waals surface area (Å²) in [5, 5.41) is 14.1. The molecule has 0 spiro atoms. The Labute approximate surface area is 147 Å². The molecule has 2 aromatic carbocycles. The van der Waals surface area contributed by atoms with Gasteiger partial charge in [-0.3, -0.25) is 4.79 Å². The number of hydrogen-bond donors (Lipinski definition) is 2. The zero-order valence-corrected chi connectivity index (χ0v) is 14.7. The Balaban J connectivity index is 1.75. The lowest BCUT2D eigenvalue weighted by atomic mass is 9.88. The van der Waals surface area contributed by atoms with Gasteiger partial charge in [0.25, 0.3) is 5.91 Å². The smallest absolute Gasteiger partial charge is 0.252 e. The predicted molar refractivity (Wildman–Crippen MR) is 98.2 cm³/mol. The fourth-order valence-electron chi connectivity index (χ4n) is 3.02. The average Bonchev–Trinajstić information content (AvgIpc) is 3.46. The number of nitrogens with one attached hydrogen (secondary N) is 1. The molecule has 2 N–H and O–H groups in total. The summed E-state index contributed by atoms with van der Waals surface area (Å²) in [5.74, 6) is 1.02. The fourth-order valence-corrected chi connectivity index (χ4v) is 3.82. The van der Waals surface area contributed by atoms with E-state index < -0.39 is 5.60 Å². The molecular weight excluding hydrogens is 318 g/mol. The van der Waals surface area contributed by atoms with Crippen molar-refractivity contribution >= 4 is 17.7 Å². The molecule has 1 aliphatic rings. The quantitative estimate of drug-likeness (QED) is 0.753. The van der Waals surface area contributed by atoms with Crippen molar-refractivity contribution in [3.63, 3.8) is 0 Å². The molecule has 1 aliphatic carbocycles. The standard InChI is InChI=1S/C20H23NO2S/c1-2-24-18-11-7-6-10-17(18)19(22)21-14-20(23,16-12-13-16)15-8-4-3-5-9-15/h3-11,16,23H,2,12-14H2,1H3,(H,21,22). The zero-order valence-electron chi connectivity index (χ0n) is 13.9. The summed E-state index contributed by atoms with van der Waals surface area (Å²) in [6.45, 7) is 2.31. The number of hydrogen-bond acceptors (Lipinski definition) is 3. The van der Waals surface area contributed by atoms with E-state index in [1.54, 1.807) is 11.8 Å². The van der Waals surface area contributed by atoms with Crippen molar-refractivity contribution < 1.29 is 9.90 Å².